The highest BCUT2D eigenvalue weighted by atomic mass is 79.9. The van der Waals surface area contributed by atoms with Crippen LogP contribution in [0, 0.1) is 0 Å². The quantitative estimate of drug-likeness (QED) is 0.631. The van der Waals surface area contributed by atoms with E-state index >= 15 is 0 Å². The summed E-state index contributed by atoms with van der Waals surface area (Å²) in [5, 5.41) is -0.0298. The second-order valence-electron chi connectivity index (χ2n) is 4.77. The first-order valence-electron chi connectivity index (χ1n) is 5.98. The van der Waals surface area contributed by atoms with Gasteiger partial charge in [-0.3, -0.25) is 9.98 Å². The summed E-state index contributed by atoms with van der Waals surface area (Å²) in [7, 11) is -9.71. The molecule has 22 heavy (non-hydrogen) atoms. The molecule has 118 valence electrons. The number of nitrogens with zero attached hydrogens (tertiary/aromatic N) is 2. The second-order valence-corrected chi connectivity index (χ2v) is 8.04. The standard InChI is InChI=1S/C13H8BrF5N2S/c14-10-4-2-1-3-9(10)13-20-11-6-5-8(7-12(11)21-13)22(15,16,17,18)19/h1-7,13H/t13-/m1/s1. The summed E-state index contributed by atoms with van der Waals surface area (Å²) in [5.74, 6) is 0. The highest BCUT2D eigenvalue weighted by molar-refractivity contribution is 9.10. The van der Waals surface area contributed by atoms with Gasteiger partial charge in [0.05, 0.1) is 10.7 Å². The summed E-state index contributed by atoms with van der Waals surface area (Å²) in [4.78, 5) is 6.21. The van der Waals surface area contributed by atoms with Gasteiger partial charge in [-0.25, -0.2) is 0 Å². The third-order valence-electron chi connectivity index (χ3n) is 3.10. The molecule has 1 atom stereocenters. The van der Waals surface area contributed by atoms with Crippen LogP contribution < -0.4 is 10.7 Å². The van der Waals surface area contributed by atoms with Crippen molar-refractivity contribution < 1.29 is 19.4 Å². The molecule has 3 rings (SSSR count). The van der Waals surface area contributed by atoms with Crippen LogP contribution in [-0.2, 0) is 0 Å². The highest BCUT2D eigenvalue weighted by Gasteiger charge is 2.65. The Bertz CT molecular complexity index is 895. The number of rotatable bonds is 2. The van der Waals surface area contributed by atoms with E-state index in [9.17, 15) is 19.4 Å². The average molecular weight is 399 g/mol. The van der Waals surface area contributed by atoms with Gasteiger partial charge in [0.1, 0.15) is 4.90 Å². The molecule has 0 aliphatic carbocycles. The van der Waals surface area contributed by atoms with E-state index < -0.39 is 21.3 Å². The number of fused-ring (bicyclic) bond motifs is 1. The molecule has 0 radical (unpaired) electrons. The topological polar surface area (TPSA) is 24.7 Å². The zero-order chi connectivity index (χ0) is 16.2. The molecule has 0 saturated carbocycles. The van der Waals surface area contributed by atoms with E-state index in [1.165, 1.54) is 0 Å². The second kappa shape index (κ2) is 4.08. The maximum atomic E-state index is 12.8. The van der Waals surface area contributed by atoms with Crippen molar-refractivity contribution in [2.75, 3.05) is 0 Å². The largest absolute Gasteiger partial charge is 0.310 e. The third-order valence-corrected chi connectivity index (χ3v) is 4.97. The molecule has 0 amide bonds. The van der Waals surface area contributed by atoms with E-state index in [2.05, 4.69) is 25.9 Å². The van der Waals surface area contributed by atoms with Crippen LogP contribution in [0.4, 0.5) is 19.4 Å². The van der Waals surface area contributed by atoms with Gasteiger partial charge < -0.3 is 0 Å². The van der Waals surface area contributed by atoms with E-state index in [0.717, 1.165) is 6.07 Å². The Morgan fingerprint density at radius 3 is 2.14 bits per heavy atom. The normalized spacial score (nSPS) is 20.4. The van der Waals surface area contributed by atoms with Crippen LogP contribution in [-0.4, -0.2) is 0 Å². The van der Waals surface area contributed by atoms with Crippen molar-refractivity contribution in [2.24, 2.45) is 9.98 Å². The van der Waals surface area contributed by atoms with Crippen LogP contribution >= 0.6 is 26.2 Å². The third kappa shape index (κ3) is 2.87. The fraction of sp³-hybridized carbons (Fsp3) is 0.0769. The fourth-order valence-electron chi connectivity index (χ4n) is 2.07. The Balaban J connectivity index is 2.14. The van der Waals surface area contributed by atoms with E-state index in [0.29, 0.717) is 22.2 Å². The van der Waals surface area contributed by atoms with Gasteiger partial charge in [0, 0.05) is 10.0 Å². The van der Waals surface area contributed by atoms with Crippen molar-refractivity contribution in [1.82, 2.24) is 0 Å². The van der Waals surface area contributed by atoms with Gasteiger partial charge >= 0.3 is 10.2 Å². The first kappa shape index (κ1) is 15.4. The van der Waals surface area contributed by atoms with Crippen LogP contribution in [0.25, 0.3) is 0 Å². The van der Waals surface area contributed by atoms with Crippen molar-refractivity contribution in [1.29, 1.82) is 0 Å². The smallest absolute Gasteiger partial charge is 0.252 e. The Morgan fingerprint density at radius 2 is 1.50 bits per heavy atom. The highest BCUT2D eigenvalue weighted by Crippen LogP contribution is 3.01. The molecule has 0 fully saturated rings. The molecular weight excluding hydrogens is 391 g/mol. The predicted molar refractivity (Wildman–Crippen MR) is 77.0 cm³/mol. The molecule has 0 N–H and O–H groups in total. The van der Waals surface area contributed by atoms with Crippen molar-refractivity contribution >= 4 is 26.2 Å². The zero-order valence-electron chi connectivity index (χ0n) is 10.7. The molecule has 2 aromatic carbocycles. The van der Waals surface area contributed by atoms with E-state index in [1.54, 1.807) is 24.3 Å². The SMILES string of the molecule is FS(F)(F)(F)(F)c1ccc2c(c1)=N[C@H](c1ccccc1Br)N=2. The fourth-order valence-corrected chi connectivity index (χ4v) is 3.22. The summed E-state index contributed by atoms with van der Waals surface area (Å²) in [6.45, 7) is 0. The number of hydrogen-bond donors (Lipinski definition) is 0. The van der Waals surface area contributed by atoms with Crippen molar-refractivity contribution in [3.05, 3.63) is 63.2 Å². The van der Waals surface area contributed by atoms with Crippen molar-refractivity contribution in [2.45, 2.75) is 11.1 Å². The summed E-state index contributed by atoms with van der Waals surface area (Å²) in [5.41, 5.74) is 0.646. The molecule has 0 unspecified atom stereocenters. The number of halogens is 6. The molecule has 2 nitrogen and oxygen atoms in total. The Hall–Kier alpha value is -1.48. The summed E-state index contributed by atoms with van der Waals surface area (Å²) in [6.07, 6.45) is -0.751. The van der Waals surface area contributed by atoms with Gasteiger partial charge in [0.25, 0.3) is 0 Å². The Labute approximate surface area is 130 Å². The maximum Gasteiger partial charge on any atom is 0.310 e. The molecule has 2 aromatic rings. The molecule has 1 heterocycles. The van der Waals surface area contributed by atoms with Gasteiger partial charge in [-0.1, -0.05) is 53.6 Å². The minimum absolute atomic E-state index is 0.159. The lowest BCUT2D eigenvalue weighted by atomic mass is 10.2. The molecule has 0 aromatic heterocycles. The Morgan fingerprint density at radius 1 is 0.864 bits per heavy atom. The molecule has 0 bridgehead atoms. The molecule has 1 aliphatic rings. The zero-order valence-corrected chi connectivity index (χ0v) is 13.1. The minimum atomic E-state index is -9.71. The van der Waals surface area contributed by atoms with Crippen LogP contribution in [0.1, 0.15) is 11.7 Å². The van der Waals surface area contributed by atoms with E-state index in [4.69, 9.17) is 0 Å². The van der Waals surface area contributed by atoms with Crippen LogP contribution in [0.2, 0.25) is 0 Å². The lowest BCUT2D eigenvalue weighted by Crippen LogP contribution is -2.23. The van der Waals surface area contributed by atoms with Gasteiger partial charge in [-0.05, 0) is 24.3 Å². The van der Waals surface area contributed by atoms with E-state index in [-0.39, 0.29) is 10.7 Å². The number of benzene rings is 2. The van der Waals surface area contributed by atoms with Gasteiger partial charge in [-0.15, -0.1) is 0 Å². The van der Waals surface area contributed by atoms with Gasteiger partial charge in [-0.2, -0.15) is 0 Å². The van der Waals surface area contributed by atoms with Gasteiger partial charge in [0.15, 0.2) is 6.17 Å². The first-order chi connectivity index (χ1) is 9.94. The molecule has 0 saturated heterocycles. The van der Waals surface area contributed by atoms with E-state index in [1.807, 2.05) is 0 Å². The lowest BCUT2D eigenvalue weighted by Gasteiger charge is -2.40. The Kier molecular flexibility index (Phi) is 2.86. The van der Waals surface area contributed by atoms with Crippen molar-refractivity contribution in [3.8, 4) is 0 Å². The van der Waals surface area contributed by atoms with Gasteiger partial charge in [0.2, 0.25) is 0 Å². The molecule has 0 spiro atoms. The summed E-state index contributed by atoms with van der Waals surface area (Å²) in [6, 6.07) is 8.57. The minimum Gasteiger partial charge on any atom is -0.252 e. The van der Waals surface area contributed by atoms with Crippen molar-refractivity contribution in [3.63, 3.8) is 0 Å². The average Bonchev–Trinajstić information content (AvgIpc) is 2.79. The first-order valence-corrected chi connectivity index (χ1v) is 8.73. The molecule has 1 aliphatic heterocycles. The molecular formula is C13H8BrF5N2S. The van der Waals surface area contributed by atoms with Crippen LogP contribution in [0.15, 0.2) is 61.8 Å². The number of hydrogen-bond acceptors (Lipinski definition) is 2. The predicted octanol–water partition coefficient (Wildman–Crippen LogP) is 5.06. The summed E-state index contributed by atoms with van der Waals surface area (Å²) >= 11 is 3.30. The molecule has 9 heteroatoms. The lowest BCUT2D eigenvalue weighted by molar-refractivity contribution is 0.364. The monoisotopic (exact) mass is 398 g/mol. The van der Waals surface area contributed by atoms with Crippen LogP contribution in [0.3, 0.4) is 0 Å². The van der Waals surface area contributed by atoms with Crippen LogP contribution in [0.5, 0.6) is 0 Å². The summed E-state index contributed by atoms with van der Waals surface area (Å²) < 4.78 is 64.8. The maximum absolute atomic E-state index is 12.8.